The molecule has 1 fully saturated rings. The molecule has 154 valence electrons. The van der Waals surface area contributed by atoms with Crippen molar-refractivity contribution in [2.45, 2.75) is 0 Å². The van der Waals surface area contributed by atoms with Gasteiger partial charge < -0.3 is 14.6 Å². The number of nitrogens with zero attached hydrogens (tertiary/aromatic N) is 1. The molecule has 1 saturated heterocycles. The minimum absolute atomic E-state index is 0.0144. The van der Waals surface area contributed by atoms with E-state index in [9.17, 15) is 14.4 Å². The molecule has 0 radical (unpaired) electrons. The molecule has 8 nitrogen and oxygen atoms in total. The van der Waals surface area contributed by atoms with Crippen LogP contribution < -0.4 is 19.7 Å². The van der Waals surface area contributed by atoms with E-state index in [2.05, 4.69) is 21.2 Å². The number of methoxy groups -OCH3 is 1. The summed E-state index contributed by atoms with van der Waals surface area (Å²) in [4.78, 5) is 37.3. The van der Waals surface area contributed by atoms with Crippen LogP contribution in [0, 0.1) is 0 Å². The lowest BCUT2D eigenvalue weighted by molar-refractivity contribution is -0.139. The molecule has 3 rings (SSSR count). The van der Waals surface area contributed by atoms with Gasteiger partial charge in [-0.15, -0.1) is 0 Å². The van der Waals surface area contributed by atoms with Crippen molar-refractivity contribution in [2.24, 2.45) is 0 Å². The van der Waals surface area contributed by atoms with Crippen LogP contribution in [0.5, 0.6) is 11.5 Å². The molecule has 0 aliphatic carbocycles. The molecule has 0 unspecified atom stereocenters. The number of carbonyl (C=O) groups excluding carboxylic acids is 2. The van der Waals surface area contributed by atoms with Gasteiger partial charge in [-0.2, -0.15) is 0 Å². The number of halogens is 1. The highest BCUT2D eigenvalue weighted by atomic mass is 79.9. The van der Waals surface area contributed by atoms with E-state index in [4.69, 9.17) is 26.8 Å². The highest BCUT2D eigenvalue weighted by Gasteiger charge is 2.34. The van der Waals surface area contributed by atoms with Crippen LogP contribution in [0.2, 0.25) is 0 Å². The van der Waals surface area contributed by atoms with Crippen molar-refractivity contribution in [1.29, 1.82) is 0 Å². The van der Waals surface area contributed by atoms with Gasteiger partial charge in [-0.05, 0) is 60.3 Å². The van der Waals surface area contributed by atoms with E-state index in [1.54, 1.807) is 30.3 Å². The number of ether oxygens (including phenoxy) is 2. The van der Waals surface area contributed by atoms with Crippen LogP contribution in [0.1, 0.15) is 5.56 Å². The van der Waals surface area contributed by atoms with E-state index in [0.717, 1.165) is 4.47 Å². The van der Waals surface area contributed by atoms with Gasteiger partial charge >= 0.3 is 5.97 Å². The van der Waals surface area contributed by atoms with Crippen LogP contribution in [0.3, 0.4) is 0 Å². The first-order chi connectivity index (χ1) is 14.3. The largest absolute Gasteiger partial charge is 0.493 e. The Labute approximate surface area is 185 Å². The Hall–Kier alpha value is -3.24. The number of nitrogens with one attached hydrogen (secondary N) is 1. The fraction of sp³-hybridized carbons (Fsp3) is 0.100. The topological polar surface area (TPSA) is 105 Å². The molecule has 2 N–H and O–H groups in total. The molecule has 1 aliphatic rings. The zero-order valence-corrected chi connectivity index (χ0v) is 18.0. The number of amides is 2. The van der Waals surface area contributed by atoms with E-state index < -0.39 is 24.4 Å². The summed E-state index contributed by atoms with van der Waals surface area (Å²) in [5.41, 5.74) is 0.874. The lowest BCUT2D eigenvalue weighted by Gasteiger charge is -2.29. The van der Waals surface area contributed by atoms with Gasteiger partial charge in [-0.1, -0.05) is 22.0 Å². The molecule has 1 aliphatic heterocycles. The number of carboxylic acids is 1. The Kier molecular flexibility index (Phi) is 6.48. The maximum absolute atomic E-state index is 13.0. The standard InChI is InChI=1S/C20H15BrN2O6S/c1-28-16-9-11(2-7-15(16)29-10-17(24)25)8-14-18(26)22-20(30)23(19(14)27)13-5-3-12(21)4-6-13/h2-9H,10H2,1H3,(H,24,25)(H,22,26,30)/b14-8+. The van der Waals surface area contributed by atoms with Crippen molar-refractivity contribution < 1.29 is 29.0 Å². The van der Waals surface area contributed by atoms with Crippen LogP contribution in [0.15, 0.2) is 52.5 Å². The Balaban J connectivity index is 1.94. The molecule has 2 amide bonds. The van der Waals surface area contributed by atoms with Crippen molar-refractivity contribution in [3.63, 3.8) is 0 Å². The molecule has 0 bridgehead atoms. The fourth-order valence-electron chi connectivity index (χ4n) is 2.68. The van der Waals surface area contributed by atoms with Crippen molar-refractivity contribution >= 4 is 62.8 Å². The number of rotatable bonds is 6. The zero-order valence-electron chi connectivity index (χ0n) is 15.5. The number of thiocarbonyl (C=S) groups is 1. The zero-order chi connectivity index (χ0) is 21.8. The Bertz CT molecular complexity index is 1070. The van der Waals surface area contributed by atoms with Crippen LogP contribution in [-0.2, 0) is 14.4 Å². The summed E-state index contributed by atoms with van der Waals surface area (Å²) in [6.07, 6.45) is 1.40. The molecular formula is C20H15BrN2O6S. The first kappa shape index (κ1) is 21.5. The number of aliphatic carboxylic acids is 1. The van der Waals surface area contributed by atoms with E-state index in [1.165, 1.54) is 30.2 Å². The monoisotopic (exact) mass is 490 g/mol. The van der Waals surface area contributed by atoms with Crippen LogP contribution in [-0.4, -0.2) is 41.7 Å². The number of carboxylic acid groups (broad SMARTS) is 1. The minimum atomic E-state index is -1.13. The molecule has 0 saturated carbocycles. The first-order valence-corrected chi connectivity index (χ1v) is 9.70. The molecule has 2 aromatic carbocycles. The third-order valence-corrected chi connectivity index (χ3v) is 4.85. The second kappa shape index (κ2) is 9.06. The van der Waals surface area contributed by atoms with Crippen molar-refractivity contribution in [3.8, 4) is 11.5 Å². The Morgan fingerprint density at radius 2 is 1.90 bits per heavy atom. The van der Waals surface area contributed by atoms with Crippen molar-refractivity contribution in [1.82, 2.24) is 5.32 Å². The predicted molar refractivity (Wildman–Crippen MR) is 116 cm³/mol. The van der Waals surface area contributed by atoms with Crippen LogP contribution in [0.4, 0.5) is 5.69 Å². The number of hydrogen-bond donors (Lipinski definition) is 2. The summed E-state index contributed by atoms with van der Waals surface area (Å²) in [7, 11) is 1.39. The third-order valence-electron chi connectivity index (χ3n) is 4.04. The van der Waals surface area contributed by atoms with Crippen molar-refractivity contribution in [3.05, 3.63) is 58.1 Å². The normalized spacial score (nSPS) is 15.2. The average molecular weight is 491 g/mol. The van der Waals surface area contributed by atoms with E-state index in [0.29, 0.717) is 11.3 Å². The SMILES string of the molecule is COc1cc(/C=C2\C(=O)NC(=S)N(c3ccc(Br)cc3)C2=O)ccc1OCC(=O)O. The maximum atomic E-state index is 13.0. The van der Waals surface area contributed by atoms with Gasteiger partial charge in [-0.25, -0.2) is 4.79 Å². The molecule has 30 heavy (non-hydrogen) atoms. The van der Waals surface area contributed by atoms with Gasteiger partial charge in [0.15, 0.2) is 23.2 Å². The maximum Gasteiger partial charge on any atom is 0.341 e. The summed E-state index contributed by atoms with van der Waals surface area (Å²) in [5.74, 6) is -1.84. The number of benzene rings is 2. The Morgan fingerprint density at radius 1 is 1.20 bits per heavy atom. The summed E-state index contributed by atoms with van der Waals surface area (Å²) in [5, 5.41) is 11.2. The molecule has 0 spiro atoms. The average Bonchev–Trinajstić information content (AvgIpc) is 2.71. The van der Waals surface area contributed by atoms with Gasteiger partial charge in [-0.3, -0.25) is 19.8 Å². The highest BCUT2D eigenvalue weighted by Crippen LogP contribution is 2.30. The van der Waals surface area contributed by atoms with Gasteiger partial charge in [0.25, 0.3) is 11.8 Å². The highest BCUT2D eigenvalue weighted by molar-refractivity contribution is 9.10. The molecule has 0 atom stereocenters. The summed E-state index contributed by atoms with van der Waals surface area (Å²) in [6, 6.07) is 11.5. The quantitative estimate of drug-likeness (QED) is 0.364. The van der Waals surface area contributed by atoms with E-state index in [1.807, 2.05) is 0 Å². The number of anilines is 1. The Morgan fingerprint density at radius 3 is 2.53 bits per heavy atom. The second-order valence-corrected chi connectivity index (χ2v) is 7.33. The molecular weight excluding hydrogens is 476 g/mol. The van der Waals surface area contributed by atoms with Gasteiger partial charge in [0.05, 0.1) is 12.8 Å². The van der Waals surface area contributed by atoms with E-state index in [-0.39, 0.29) is 22.2 Å². The van der Waals surface area contributed by atoms with Crippen LogP contribution >= 0.6 is 28.1 Å². The molecule has 1 heterocycles. The van der Waals surface area contributed by atoms with Crippen molar-refractivity contribution in [2.75, 3.05) is 18.6 Å². The minimum Gasteiger partial charge on any atom is -0.493 e. The lowest BCUT2D eigenvalue weighted by atomic mass is 10.1. The van der Waals surface area contributed by atoms with Gasteiger partial charge in [0.1, 0.15) is 5.57 Å². The summed E-state index contributed by atoms with van der Waals surface area (Å²) in [6.45, 7) is -0.530. The smallest absolute Gasteiger partial charge is 0.341 e. The fourth-order valence-corrected chi connectivity index (χ4v) is 3.23. The molecule has 10 heteroatoms. The van der Waals surface area contributed by atoms with E-state index >= 15 is 0 Å². The number of hydrogen-bond acceptors (Lipinski definition) is 6. The first-order valence-electron chi connectivity index (χ1n) is 8.50. The van der Waals surface area contributed by atoms with Gasteiger partial charge in [0, 0.05) is 4.47 Å². The molecule has 0 aromatic heterocycles. The molecule has 2 aromatic rings. The lowest BCUT2D eigenvalue weighted by Crippen LogP contribution is -2.54. The summed E-state index contributed by atoms with van der Waals surface area (Å²) < 4.78 is 11.2. The predicted octanol–water partition coefficient (Wildman–Crippen LogP) is 2.75. The summed E-state index contributed by atoms with van der Waals surface area (Å²) >= 11 is 8.50. The third kappa shape index (κ3) is 4.66. The van der Waals surface area contributed by atoms with Crippen LogP contribution in [0.25, 0.3) is 6.08 Å². The number of carbonyl (C=O) groups is 3. The second-order valence-electron chi connectivity index (χ2n) is 6.03. The van der Waals surface area contributed by atoms with Gasteiger partial charge in [0.2, 0.25) is 0 Å².